The van der Waals surface area contributed by atoms with Crippen molar-refractivity contribution in [3.8, 4) is 0 Å². The van der Waals surface area contributed by atoms with Crippen LogP contribution in [0.25, 0.3) is 10.8 Å². The highest BCUT2D eigenvalue weighted by atomic mass is 19.4. The molecular weight excluding hydrogens is 455 g/mol. The van der Waals surface area contributed by atoms with Crippen molar-refractivity contribution in [1.82, 2.24) is 16.0 Å². The molecule has 0 unspecified atom stereocenters. The minimum Gasteiger partial charge on any atom is -0.350 e. The molecule has 1 fully saturated rings. The normalized spacial score (nSPS) is 18.3. The molecule has 3 aromatic carbocycles. The second-order valence-electron chi connectivity index (χ2n) is 8.89. The fraction of sp³-hybridized carbons (Fsp3) is 0.333. The third-order valence-electron chi connectivity index (χ3n) is 6.36. The van der Waals surface area contributed by atoms with Gasteiger partial charge in [0.25, 0.3) is 5.91 Å². The molecule has 0 aliphatic heterocycles. The molecule has 4 rings (SSSR count). The molecule has 0 bridgehead atoms. The first-order chi connectivity index (χ1) is 16.8. The number of nitrogens with one attached hydrogen (secondary N) is 3. The Labute approximate surface area is 202 Å². The predicted octanol–water partition coefficient (Wildman–Crippen LogP) is 4.81. The second kappa shape index (κ2) is 10.9. The van der Waals surface area contributed by atoms with Gasteiger partial charge in [0, 0.05) is 24.2 Å². The Morgan fingerprint density at radius 2 is 1.60 bits per heavy atom. The lowest BCUT2D eigenvalue weighted by atomic mass is 9.90. The number of amides is 2. The summed E-state index contributed by atoms with van der Waals surface area (Å²) in [7, 11) is 0. The van der Waals surface area contributed by atoms with Gasteiger partial charge in [-0.1, -0.05) is 55.3 Å². The van der Waals surface area contributed by atoms with Gasteiger partial charge in [0.2, 0.25) is 5.91 Å². The standard InChI is InChI=1S/C27H28F3N3O2/c28-27(29,30)22-9-5-8-21(15-22)26(35)32-17-25(34)33-24-11-4-3-10-23(24)31-16-18-12-13-19-6-1-2-7-20(19)14-18/h1-2,5-9,12-15,23-24,31H,3-4,10-11,16-17H2,(H,32,35)(H,33,34)/t23-,24+/m1/s1. The monoisotopic (exact) mass is 483 g/mol. The Bertz CT molecular complexity index is 1200. The molecule has 2 atom stereocenters. The van der Waals surface area contributed by atoms with E-state index in [0.717, 1.165) is 43.4 Å². The highest BCUT2D eigenvalue weighted by molar-refractivity contribution is 5.96. The van der Waals surface area contributed by atoms with Crippen LogP contribution in [0.4, 0.5) is 13.2 Å². The van der Waals surface area contributed by atoms with Crippen molar-refractivity contribution in [1.29, 1.82) is 0 Å². The van der Waals surface area contributed by atoms with Crippen LogP contribution in [0.2, 0.25) is 0 Å². The van der Waals surface area contributed by atoms with Gasteiger partial charge in [-0.25, -0.2) is 0 Å². The molecule has 1 aliphatic rings. The highest BCUT2D eigenvalue weighted by Crippen LogP contribution is 2.29. The van der Waals surface area contributed by atoms with Crippen molar-refractivity contribution in [2.75, 3.05) is 6.54 Å². The fourth-order valence-corrected chi connectivity index (χ4v) is 4.50. The Hall–Kier alpha value is -3.39. The van der Waals surface area contributed by atoms with Crippen molar-refractivity contribution in [3.05, 3.63) is 83.4 Å². The van der Waals surface area contributed by atoms with Gasteiger partial charge in [-0.15, -0.1) is 0 Å². The Morgan fingerprint density at radius 3 is 2.37 bits per heavy atom. The van der Waals surface area contributed by atoms with E-state index in [-0.39, 0.29) is 30.1 Å². The average Bonchev–Trinajstić information content (AvgIpc) is 2.86. The van der Waals surface area contributed by atoms with Crippen molar-refractivity contribution in [2.24, 2.45) is 0 Å². The van der Waals surface area contributed by atoms with Crippen molar-refractivity contribution < 1.29 is 22.8 Å². The summed E-state index contributed by atoms with van der Waals surface area (Å²) in [5.41, 5.74) is 0.116. The van der Waals surface area contributed by atoms with E-state index in [2.05, 4.69) is 46.3 Å². The highest BCUT2D eigenvalue weighted by Gasteiger charge is 2.31. The molecule has 5 nitrogen and oxygen atoms in total. The van der Waals surface area contributed by atoms with Gasteiger partial charge < -0.3 is 16.0 Å². The molecule has 2 amide bonds. The molecule has 35 heavy (non-hydrogen) atoms. The maximum atomic E-state index is 12.9. The smallest absolute Gasteiger partial charge is 0.350 e. The number of benzene rings is 3. The maximum absolute atomic E-state index is 12.9. The zero-order valence-electron chi connectivity index (χ0n) is 19.2. The van der Waals surface area contributed by atoms with E-state index >= 15 is 0 Å². The van der Waals surface area contributed by atoms with Crippen LogP contribution in [0.5, 0.6) is 0 Å². The van der Waals surface area contributed by atoms with Crippen LogP contribution in [0.1, 0.15) is 47.2 Å². The number of rotatable bonds is 7. The summed E-state index contributed by atoms with van der Waals surface area (Å²) >= 11 is 0. The first-order valence-corrected chi connectivity index (χ1v) is 11.8. The first-order valence-electron chi connectivity index (χ1n) is 11.8. The Balaban J connectivity index is 1.29. The maximum Gasteiger partial charge on any atom is 0.416 e. The van der Waals surface area contributed by atoms with Crippen LogP contribution in [0, 0.1) is 0 Å². The molecular formula is C27H28F3N3O2. The zero-order valence-corrected chi connectivity index (χ0v) is 19.2. The van der Waals surface area contributed by atoms with Gasteiger partial charge in [0.15, 0.2) is 0 Å². The molecule has 0 radical (unpaired) electrons. The number of hydrogen-bond donors (Lipinski definition) is 3. The lowest BCUT2D eigenvalue weighted by Crippen LogP contribution is -2.53. The van der Waals surface area contributed by atoms with E-state index in [0.29, 0.717) is 6.54 Å². The van der Waals surface area contributed by atoms with Gasteiger partial charge in [-0.05, 0) is 53.4 Å². The Kier molecular flexibility index (Phi) is 7.70. The summed E-state index contributed by atoms with van der Waals surface area (Å²) in [6, 6.07) is 18.7. The van der Waals surface area contributed by atoms with Gasteiger partial charge in [-0.3, -0.25) is 9.59 Å². The molecule has 0 spiro atoms. The number of alkyl halides is 3. The third-order valence-corrected chi connectivity index (χ3v) is 6.36. The third kappa shape index (κ3) is 6.60. The van der Waals surface area contributed by atoms with Crippen LogP contribution in [0.15, 0.2) is 66.7 Å². The summed E-state index contributed by atoms with van der Waals surface area (Å²) in [4.78, 5) is 24.8. The van der Waals surface area contributed by atoms with Gasteiger partial charge in [-0.2, -0.15) is 13.2 Å². The number of carbonyl (C=O) groups excluding carboxylic acids is 2. The molecule has 8 heteroatoms. The van der Waals surface area contributed by atoms with E-state index in [1.54, 1.807) is 0 Å². The molecule has 184 valence electrons. The van der Waals surface area contributed by atoms with Crippen molar-refractivity contribution >= 4 is 22.6 Å². The molecule has 0 heterocycles. The summed E-state index contributed by atoms with van der Waals surface area (Å²) in [6.07, 6.45) is -0.731. The van der Waals surface area contributed by atoms with Crippen molar-refractivity contribution in [2.45, 2.75) is 50.5 Å². The number of fused-ring (bicyclic) bond motifs is 1. The van der Waals surface area contributed by atoms with Gasteiger partial charge >= 0.3 is 6.18 Å². The largest absolute Gasteiger partial charge is 0.416 e. The summed E-state index contributed by atoms with van der Waals surface area (Å²) in [6.45, 7) is 0.372. The van der Waals surface area contributed by atoms with E-state index < -0.39 is 17.6 Å². The molecule has 1 aliphatic carbocycles. The van der Waals surface area contributed by atoms with Crippen LogP contribution < -0.4 is 16.0 Å². The molecule has 3 aromatic rings. The van der Waals surface area contributed by atoms with E-state index in [1.807, 2.05) is 12.1 Å². The molecule has 1 saturated carbocycles. The summed E-state index contributed by atoms with van der Waals surface area (Å²) in [5.74, 6) is -1.09. The summed E-state index contributed by atoms with van der Waals surface area (Å²) < 4.78 is 38.6. The van der Waals surface area contributed by atoms with Gasteiger partial charge in [0.1, 0.15) is 0 Å². The van der Waals surface area contributed by atoms with Crippen LogP contribution in [0.3, 0.4) is 0 Å². The Morgan fingerprint density at radius 1 is 0.857 bits per heavy atom. The fourth-order valence-electron chi connectivity index (χ4n) is 4.50. The minimum atomic E-state index is -4.54. The van der Waals surface area contributed by atoms with E-state index in [9.17, 15) is 22.8 Å². The molecule has 0 saturated heterocycles. The van der Waals surface area contributed by atoms with Crippen LogP contribution >= 0.6 is 0 Å². The first kappa shape index (κ1) is 24.7. The van der Waals surface area contributed by atoms with Crippen molar-refractivity contribution in [3.63, 3.8) is 0 Å². The lowest BCUT2D eigenvalue weighted by Gasteiger charge is -2.33. The van der Waals surface area contributed by atoms with Crippen LogP contribution in [-0.2, 0) is 17.5 Å². The average molecular weight is 484 g/mol. The summed E-state index contributed by atoms with van der Waals surface area (Å²) in [5, 5.41) is 11.3. The number of carbonyl (C=O) groups is 2. The molecule has 0 aromatic heterocycles. The van der Waals surface area contributed by atoms with E-state index in [1.165, 1.54) is 22.9 Å². The SMILES string of the molecule is O=C(CNC(=O)c1cccc(C(F)(F)F)c1)N[C@H]1CCCC[C@H]1NCc1ccc2ccccc2c1. The topological polar surface area (TPSA) is 70.2 Å². The lowest BCUT2D eigenvalue weighted by molar-refractivity contribution is -0.137. The quantitative estimate of drug-likeness (QED) is 0.452. The van der Waals surface area contributed by atoms with E-state index in [4.69, 9.17) is 0 Å². The zero-order chi connectivity index (χ0) is 24.8. The van der Waals surface area contributed by atoms with Gasteiger partial charge in [0.05, 0.1) is 12.1 Å². The predicted molar refractivity (Wildman–Crippen MR) is 129 cm³/mol. The molecule has 3 N–H and O–H groups in total. The van der Waals surface area contributed by atoms with Crippen LogP contribution in [-0.4, -0.2) is 30.4 Å². The minimum absolute atomic E-state index is 0.0813. The number of hydrogen-bond acceptors (Lipinski definition) is 3. The second-order valence-corrected chi connectivity index (χ2v) is 8.89. The number of halogens is 3.